The number of halogens is 1. The molecule has 1 amide bonds. The molecule has 0 aliphatic rings. The van der Waals surface area contributed by atoms with Gasteiger partial charge >= 0.3 is 11.7 Å². The molecule has 8 heteroatoms. The fourth-order valence-corrected chi connectivity index (χ4v) is 1.86. The van der Waals surface area contributed by atoms with Crippen molar-refractivity contribution in [2.24, 2.45) is 0 Å². The third-order valence-electron chi connectivity index (χ3n) is 2.99. The van der Waals surface area contributed by atoms with Crippen molar-refractivity contribution in [1.82, 2.24) is 5.32 Å². The molecule has 0 aromatic heterocycles. The van der Waals surface area contributed by atoms with Crippen LogP contribution in [0.3, 0.4) is 0 Å². The Hall–Kier alpha value is -3.29. The number of hydrogen-bond acceptors (Lipinski definition) is 5. The quantitative estimate of drug-likeness (QED) is 0.379. The van der Waals surface area contributed by atoms with Crippen molar-refractivity contribution >= 4 is 17.6 Å². The standard InChI is InChI=1S/C16H13FN2O5/c17-12-6-7-13(19(22)23)14(10-12)24-15(20)8-9-18-16(21)11-4-2-1-3-5-11/h1-7,10H,8-9H2,(H,18,21). The van der Waals surface area contributed by atoms with Gasteiger partial charge in [-0.1, -0.05) is 18.2 Å². The van der Waals surface area contributed by atoms with E-state index in [1.807, 2.05) is 0 Å². The maximum absolute atomic E-state index is 13.1. The van der Waals surface area contributed by atoms with Crippen LogP contribution in [0, 0.1) is 15.9 Å². The van der Waals surface area contributed by atoms with E-state index in [0.717, 1.165) is 18.2 Å². The SMILES string of the molecule is O=C(CCNC(=O)c1ccccc1)Oc1cc(F)ccc1[N+](=O)[O-]. The molecular formula is C16H13FN2O5. The second-order valence-electron chi connectivity index (χ2n) is 4.72. The van der Waals surface area contributed by atoms with Crippen molar-refractivity contribution in [2.75, 3.05) is 6.54 Å². The van der Waals surface area contributed by atoms with E-state index in [1.165, 1.54) is 0 Å². The number of carbonyl (C=O) groups excluding carboxylic acids is 2. The summed E-state index contributed by atoms with van der Waals surface area (Å²) in [4.78, 5) is 33.5. The topological polar surface area (TPSA) is 98.5 Å². The number of carbonyl (C=O) groups is 2. The van der Waals surface area contributed by atoms with Gasteiger partial charge in [-0.15, -0.1) is 0 Å². The summed E-state index contributed by atoms with van der Waals surface area (Å²) in [5.41, 5.74) is -0.0790. The lowest BCUT2D eigenvalue weighted by molar-refractivity contribution is -0.385. The number of rotatable bonds is 6. The van der Waals surface area contributed by atoms with E-state index in [1.54, 1.807) is 30.3 Å². The van der Waals surface area contributed by atoms with Crippen LogP contribution < -0.4 is 10.1 Å². The molecule has 0 saturated carbocycles. The Labute approximate surface area is 136 Å². The average molecular weight is 332 g/mol. The lowest BCUT2D eigenvalue weighted by Crippen LogP contribution is -2.27. The first-order valence-electron chi connectivity index (χ1n) is 6.95. The molecule has 0 saturated heterocycles. The van der Waals surface area contributed by atoms with Crippen LogP contribution in [0.25, 0.3) is 0 Å². The third-order valence-corrected chi connectivity index (χ3v) is 2.99. The zero-order chi connectivity index (χ0) is 17.5. The monoisotopic (exact) mass is 332 g/mol. The van der Waals surface area contributed by atoms with Crippen LogP contribution in [0.1, 0.15) is 16.8 Å². The Morgan fingerprint density at radius 3 is 2.54 bits per heavy atom. The summed E-state index contributed by atoms with van der Waals surface area (Å²) in [6.45, 7) is -0.0182. The summed E-state index contributed by atoms with van der Waals surface area (Å²) in [7, 11) is 0. The Kier molecular flexibility index (Phi) is 5.56. The first-order valence-corrected chi connectivity index (χ1v) is 6.95. The third kappa shape index (κ3) is 4.60. The molecule has 2 aromatic carbocycles. The highest BCUT2D eigenvalue weighted by Gasteiger charge is 2.19. The first kappa shape index (κ1) is 17.1. The Morgan fingerprint density at radius 1 is 1.17 bits per heavy atom. The molecule has 0 spiro atoms. The van der Waals surface area contributed by atoms with Gasteiger partial charge in [0.05, 0.1) is 11.3 Å². The van der Waals surface area contributed by atoms with E-state index in [4.69, 9.17) is 4.74 Å². The molecule has 0 bridgehead atoms. The number of nitrogens with zero attached hydrogens (tertiary/aromatic N) is 1. The average Bonchev–Trinajstić information content (AvgIpc) is 2.55. The summed E-state index contributed by atoms with van der Waals surface area (Å²) in [6.07, 6.45) is -0.216. The number of ether oxygens (including phenoxy) is 1. The number of esters is 1. The van der Waals surface area contributed by atoms with Gasteiger partial charge in [-0.2, -0.15) is 0 Å². The van der Waals surface area contributed by atoms with Crippen LogP contribution in [0.5, 0.6) is 5.75 Å². The highest BCUT2D eigenvalue weighted by molar-refractivity contribution is 5.94. The highest BCUT2D eigenvalue weighted by atomic mass is 19.1. The fraction of sp³-hybridized carbons (Fsp3) is 0.125. The van der Waals surface area contributed by atoms with Crippen LogP contribution in [0.15, 0.2) is 48.5 Å². The minimum Gasteiger partial charge on any atom is -0.419 e. The van der Waals surface area contributed by atoms with Crippen molar-refractivity contribution in [3.63, 3.8) is 0 Å². The van der Waals surface area contributed by atoms with Gasteiger partial charge in [0, 0.05) is 24.2 Å². The van der Waals surface area contributed by atoms with Crippen molar-refractivity contribution in [3.8, 4) is 5.75 Å². The normalized spacial score (nSPS) is 10.0. The zero-order valence-electron chi connectivity index (χ0n) is 12.4. The second kappa shape index (κ2) is 7.82. The summed E-state index contributed by atoms with van der Waals surface area (Å²) in [5.74, 6) is -2.42. The Balaban J connectivity index is 1.89. The van der Waals surface area contributed by atoms with Crippen LogP contribution in [0.2, 0.25) is 0 Å². The highest BCUT2D eigenvalue weighted by Crippen LogP contribution is 2.27. The van der Waals surface area contributed by atoms with E-state index < -0.39 is 28.1 Å². The smallest absolute Gasteiger partial charge is 0.313 e. The molecule has 0 aliphatic heterocycles. The maximum atomic E-state index is 13.1. The molecule has 0 aliphatic carbocycles. The van der Waals surface area contributed by atoms with Crippen LogP contribution >= 0.6 is 0 Å². The van der Waals surface area contributed by atoms with Gasteiger partial charge in [-0.25, -0.2) is 4.39 Å². The van der Waals surface area contributed by atoms with Gasteiger partial charge in [0.15, 0.2) is 0 Å². The number of nitrogens with one attached hydrogen (secondary N) is 1. The molecule has 0 unspecified atom stereocenters. The molecule has 0 atom stereocenters. The lowest BCUT2D eigenvalue weighted by atomic mass is 10.2. The number of amides is 1. The first-order chi connectivity index (χ1) is 11.5. The lowest BCUT2D eigenvalue weighted by Gasteiger charge is -2.06. The maximum Gasteiger partial charge on any atom is 0.313 e. The number of nitro groups is 1. The molecule has 7 nitrogen and oxygen atoms in total. The van der Waals surface area contributed by atoms with Gasteiger partial charge in [0.2, 0.25) is 5.75 Å². The molecule has 24 heavy (non-hydrogen) atoms. The second-order valence-corrected chi connectivity index (χ2v) is 4.72. The van der Waals surface area contributed by atoms with Crippen molar-refractivity contribution in [3.05, 3.63) is 70.0 Å². The molecule has 124 valence electrons. The Morgan fingerprint density at radius 2 is 1.88 bits per heavy atom. The molecule has 0 radical (unpaired) electrons. The van der Waals surface area contributed by atoms with Gasteiger partial charge in [0.25, 0.3) is 5.91 Å². The number of benzene rings is 2. The van der Waals surface area contributed by atoms with Crippen LogP contribution in [-0.4, -0.2) is 23.3 Å². The van der Waals surface area contributed by atoms with E-state index in [2.05, 4.69) is 5.32 Å². The minimum absolute atomic E-state index is 0.0182. The van der Waals surface area contributed by atoms with Crippen molar-refractivity contribution in [1.29, 1.82) is 0 Å². The van der Waals surface area contributed by atoms with E-state index in [9.17, 15) is 24.1 Å². The van der Waals surface area contributed by atoms with Gasteiger partial charge in [-0.3, -0.25) is 19.7 Å². The minimum atomic E-state index is -0.822. The number of hydrogen-bond donors (Lipinski definition) is 1. The van der Waals surface area contributed by atoms with E-state index in [0.29, 0.717) is 5.56 Å². The van der Waals surface area contributed by atoms with Crippen LogP contribution in [-0.2, 0) is 4.79 Å². The molecule has 2 rings (SSSR count). The van der Waals surface area contributed by atoms with E-state index >= 15 is 0 Å². The fourth-order valence-electron chi connectivity index (χ4n) is 1.86. The molecule has 2 aromatic rings. The Bertz CT molecular complexity index is 764. The van der Waals surface area contributed by atoms with Crippen molar-refractivity contribution in [2.45, 2.75) is 6.42 Å². The van der Waals surface area contributed by atoms with Gasteiger partial charge in [0.1, 0.15) is 5.82 Å². The summed E-state index contributed by atoms with van der Waals surface area (Å²) >= 11 is 0. The summed E-state index contributed by atoms with van der Waals surface area (Å²) < 4.78 is 17.9. The van der Waals surface area contributed by atoms with Crippen molar-refractivity contribution < 1.29 is 23.6 Å². The number of nitro benzene ring substituents is 1. The molecule has 1 N–H and O–H groups in total. The van der Waals surface area contributed by atoms with Crippen LogP contribution in [0.4, 0.5) is 10.1 Å². The predicted molar refractivity (Wildman–Crippen MR) is 82.1 cm³/mol. The molecule has 0 fully saturated rings. The molecule has 0 heterocycles. The predicted octanol–water partition coefficient (Wildman–Crippen LogP) is 2.46. The molecular weight excluding hydrogens is 319 g/mol. The summed E-state index contributed by atoms with van der Waals surface area (Å²) in [5, 5.41) is 13.3. The zero-order valence-corrected chi connectivity index (χ0v) is 12.4. The largest absolute Gasteiger partial charge is 0.419 e. The summed E-state index contributed by atoms with van der Waals surface area (Å²) in [6, 6.07) is 11.0. The van der Waals surface area contributed by atoms with Gasteiger partial charge in [-0.05, 0) is 18.2 Å². The van der Waals surface area contributed by atoms with Gasteiger partial charge < -0.3 is 10.1 Å². The van der Waals surface area contributed by atoms with E-state index in [-0.39, 0.29) is 18.9 Å².